The van der Waals surface area contributed by atoms with Gasteiger partial charge in [-0.05, 0) is 48.9 Å². The van der Waals surface area contributed by atoms with Gasteiger partial charge < -0.3 is 4.74 Å². The summed E-state index contributed by atoms with van der Waals surface area (Å²) < 4.78 is 7.12. The molecule has 1 N–H and O–H groups in total. The van der Waals surface area contributed by atoms with Gasteiger partial charge in [-0.2, -0.15) is 24.7 Å². The zero-order chi connectivity index (χ0) is 23.8. The minimum atomic E-state index is -0.466. The predicted molar refractivity (Wildman–Crippen MR) is 133 cm³/mol. The highest BCUT2D eigenvalue weighted by atomic mass is 32.2. The van der Waals surface area contributed by atoms with Gasteiger partial charge in [0.25, 0.3) is 11.5 Å². The SMILES string of the molecule is CCCc1nn2c(=O)cc(COc3ccc(/C=C4\C(=N)N5N=C(C)SC5=NC4=O)cc3)nc2s1. The Hall–Kier alpha value is -3.64. The number of fused-ring (bicyclic) bond motifs is 2. The number of aromatic nitrogens is 3. The summed E-state index contributed by atoms with van der Waals surface area (Å²) in [4.78, 5) is 33.8. The predicted octanol–water partition coefficient (Wildman–Crippen LogP) is 3.32. The molecule has 0 atom stereocenters. The van der Waals surface area contributed by atoms with Gasteiger partial charge in [0.1, 0.15) is 17.4 Å². The average Bonchev–Trinajstić information content (AvgIpc) is 3.39. The zero-order valence-electron chi connectivity index (χ0n) is 18.3. The molecule has 12 heteroatoms. The van der Waals surface area contributed by atoms with E-state index < -0.39 is 5.91 Å². The molecule has 0 spiro atoms. The topological polar surface area (TPSA) is 125 Å². The van der Waals surface area contributed by atoms with E-state index >= 15 is 0 Å². The van der Waals surface area contributed by atoms with Crippen LogP contribution in [0.2, 0.25) is 0 Å². The minimum absolute atomic E-state index is 0.00223. The molecule has 3 aromatic rings. The molecule has 10 nitrogen and oxygen atoms in total. The maximum Gasteiger partial charge on any atom is 0.283 e. The van der Waals surface area contributed by atoms with Crippen LogP contribution >= 0.6 is 23.1 Å². The summed E-state index contributed by atoms with van der Waals surface area (Å²) in [7, 11) is 0. The van der Waals surface area contributed by atoms with Gasteiger partial charge in [0.15, 0.2) is 5.84 Å². The molecule has 2 aromatic heterocycles. The summed E-state index contributed by atoms with van der Waals surface area (Å²) in [6.07, 6.45) is 3.37. The van der Waals surface area contributed by atoms with E-state index in [1.165, 1.54) is 38.7 Å². The zero-order valence-corrected chi connectivity index (χ0v) is 19.9. The van der Waals surface area contributed by atoms with E-state index in [1.54, 1.807) is 37.3 Å². The lowest BCUT2D eigenvalue weighted by Crippen LogP contribution is -2.35. The fourth-order valence-corrected chi connectivity index (χ4v) is 5.11. The van der Waals surface area contributed by atoms with Crippen molar-refractivity contribution in [1.82, 2.24) is 19.6 Å². The lowest BCUT2D eigenvalue weighted by molar-refractivity contribution is -0.114. The molecule has 0 aliphatic carbocycles. The van der Waals surface area contributed by atoms with Crippen LogP contribution in [-0.2, 0) is 17.8 Å². The third-order valence-corrected chi connectivity index (χ3v) is 6.73. The van der Waals surface area contributed by atoms with Crippen molar-refractivity contribution in [1.29, 1.82) is 5.41 Å². The maximum absolute atomic E-state index is 12.4. The number of hydrazone groups is 1. The van der Waals surface area contributed by atoms with Gasteiger partial charge >= 0.3 is 0 Å². The Morgan fingerprint density at radius 2 is 2.00 bits per heavy atom. The number of aryl methyl sites for hydroxylation is 1. The number of aliphatic imine (C=N–C) groups is 1. The molecule has 2 aliphatic rings. The molecule has 1 aromatic carbocycles. The van der Waals surface area contributed by atoms with Crippen molar-refractivity contribution in [2.75, 3.05) is 0 Å². The third-order valence-electron chi connectivity index (χ3n) is 4.94. The fraction of sp³-hybridized carbons (Fsp3) is 0.227. The summed E-state index contributed by atoms with van der Waals surface area (Å²) in [5, 5.41) is 20.2. The summed E-state index contributed by atoms with van der Waals surface area (Å²) >= 11 is 2.68. The van der Waals surface area contributed by atoms with Gasteiger partial charge in [-0.25, -0.2) is 4.98 Å². The first-order chi connectivity index (χ1) is 16.4. The highest BCUT2D eigenvalue weighted by Gasteiger charge is 2.34. The number of ether oxygens (including phenoxy) is 1. The molecule has 34 heavy (non-hydrogen) atoms. The van der Waals surface area contributed by atoms with E-state index in [0.29, 0.717) is 21.6 Å². The second-order valence-corrected chi connectivity index (χ2v) is 9.72. The number of amidine groups is 2. The Morgan fingerprint density at radius 1 is 1.21 bits per heavy atom. The van der Waals surface area contributed by atoms with Crippen LogP contribution in [0, 0.1) is 5.41 Å². The Bertz CT molecular complexity index is 1470. The average molecular weight is 494 g/mol. The van der Waals surface area contributed by atoms with Gasteiger partial charge in [0, 0.05) is 12.5 Å². The van der Waals surface area contributed by atoms with Gasteiger partial charge in [0.2, 0.25) is 10.1 Å². The van der Waals surface area contributed by atoms with E-state index in [0.717, 1.165) is 28.5 Å². The first-order valence-corrected chi connectivity index (χ1v) is 12.1. The first-order valence-electron chi connectivity index (χ1n) is 10.5. The van der Waals surface area contributed by atoms with E-state index in [1.807, 2.05) is 0 Å². The number of nitrogens with one attached hydrogen (secondary N) is 1. The number of amides is 1. The first kappa shape index (κ1) is 22.2. The number of carbonyl (C=O) groups excluding carboxylic acids is 1. The van der Waals surface area contributed by atoms with Gasteiger partial charge in [-0.3, -0.25) is 15.0 Å². The fourth-order valence-electron chi connectivity index (χ4n) is 3.36. The smallest absolute Gasteiger partial charge is 0.283 e. The van der Waals surface area contributed by atoms with Crippen LogP contribution in [0.1, 0.15) is 36.5 Å². The molecule has 0 bridgehead atoms. The summed E-state index contributed by atoms with van der Waals surface area (Å²) in [5.41, 5.74) is 1.18. The van der Waals surface area contributed by atoms with Crippen LogP contribution in [0.15, 0.2) is 50.8 Å². The largest absolute Gasteiger partial charge is 0.487 e. The second-order valence-electron chi connectivity index (χ2n) is 7.52. The third kappa shape index (κ3) is 4.29. The number of carbonyl (C=O) groups is 1. The van der Waals surface area contributed by atoms with Crippen molar-refractivity contribution in [2.24, 2.45) is 10.1 Å². The Balaban J connectivity index is 1.29. The molecule has 4 heterocycles. The van der Waals surface area contributed by atoms with Gasteiger partial charge in [-0.15, -0.1) is 0 Å². The standard InChI is InChI=1S/C22H19N7O3S2/c1-3-4-17-27-28-18(30)10-14(24-21(28)34-17)11-32-15-7-5-13(6-8-15)9-16-19(23)29-22(25-20(16)31)33-12(2)26-29/h5-10,23H,3-4,11H2,1-2H3/b16-9+,23-19?. The van der Waals surface area contributed by atoms with Crippen LogP contribution in [0.5, 0.6) is 5.75 Å². The van der Waals surface area contributed by atoms with Crippen molar-refractivity contribution in [3.63, 3.8) is 0 Å². The van der Waals surface area contributed by atoms with Gasteiger partial charge in [-0.1, -0.05) is 30.4 Å². The Kier molecular flexibility index (Phi) is 5.84. The van der Waals surface area contributed by atoms with Crippen LogP contribution in [-0.4, -0.2) is 41.6 Å². The van der Waals surface area contributed by atoms with E-state index in [4.69, 9.17) is 10.1 Å². The molecular weight excluding hydrogens is 474 g/mol. The molecule has 0 fully saturated rings. The Labute approximate surface area is 202 Å². The number of benzene rings is 1. The lowest BCUT2D eigenvalue weighted by atomic mass is 10.1. The van der Waals surface area contributed by atoms with Crippen molar-refractivity contribution in [3.05, 3.63) is 62.5 Å². The lowest BCUT2D eigenvalue weighted by Gasteiger charge is -2.20. The van der Waals surface area contributed by atoms with E-state index in [2.05, 4.69) is 27.1 Å². The molecule has 2 aliphatic heterocycles. The van der Waals surface area contributed by atoms with Crippen molar-refractivity contribution in [3.8, 4) is 5.75 Å². The Morgan fingerprint density at radius 3 is 2.76 bits per heavy atom. The molecule has 0 saturated heterocycles. The van der Waals surface area contributed by atoms with Crippen LogP contribution in [0.25, 0.3) is 11.0 Å². The van der Waals surface area contributed by atoms with Crippen molar-refractivity contribution < 1.29 is 9.53 Å². The van der Waals surface area contributed by atoms with Crippen LogP contribution in [0.3, 0.4) is 0 Å². The molecule has 0 radical (unpaired) electrons. The maximum atomic E-state index is 12.4. The number of hydrogen-bond acceptors (Lipinski definition) is 9. The number of rotatable bonds is 6. The van der Waals surface area contributed by atoms with E-state index in [9.17, 15) is 9.59 Å². The normalized spacial score (nSPS) is 16.8. The molecule has 0 saturated carbocycles. The summed E-state index contributed by atoms with van der Waals surface area (Å²) in [5.74, 6) is 0.117. The van der Waals surface area contributed by atoms with Crippen LogP contribution < -0.4 is 10.3 Å². The highest BCUT2D eigenvalue weighted by Crippen LogP contribution is 2.28. The second kappa shape index (κ2) is 8.95. The molecule has 0 unspecified atom stereocenters. The summed E-state index contributed by atoms with van der Waals surface area (Å²) in [6, 6.07) is 8.49. The highest BCUT2D eigenvalue weighted by molar-refractivity contribution is 8.26. The number of hydrogen-bond donors (Lipinski definition) is 1. The van der Waals surface area contributed by atoms with E-state index in [-0.39, 0.29) is 23.6 Å². The number of thioether (sulfide) groups is 1. The minimum Gasteiger partial charge on any atom is -0.487 e. The molecule has 172 valence electrons. The van der Waals surface area contributed by atoms with Crippen molar-refractivity contribution >= 4 is 56.1 Å². The molecule has 5 rings (SSSR count). The quantitative estimate of drug-likeness (QED) is 0.522. The monoisotopic (exact) mass is 493 g/mol. The van der Waals surface area contributed by atoms with Gasteiger partial charge in [0.05, 0.1) is 16.3 Å². The van der Waals surface area contributed by atoms with Crippen LogP contribution in [0.4, 0.5) is 0 Å². The van der Waals surface area contributed by atoms with Crippen molar-refractivity contribution in [2.45, 2.75) is 33.3 Å². The molecular formula is C22H19N7O3S2. The molecule has 1 amide bonds. The summed E-state index contributed by atoms with van der Waals surface area (Å²) in [6.45, 7) is 4.00. The number of nitrogens with zero attached hydrogens (tertiary/aromatic N) is 6.